The summed E-state index contributed by atoms with van der Waals surface area (Å²) in [6.45, 7) is 0. The van der Waals surface area contributed by atoms with Crippen LogP contribution in [0.2, 0.25) is 0 Å². The van der Waals surface area contributed by atoms with E-state index < -0.39 is 157 Å². The standard InChI is InChI=1S/C85H53N5/c86-54-72-82(87-73-38-20-16-34-64(73)65-35-17-21-39-74(65)87)84(89-77-46-42-60(55-24-6-1-7-25-55)50-68(77)69-51-61(43-47-78(69)89)56-26-8-2-9-27-56)81(59-32-14-5-15-33-59)85(83(72)88-75-40-22-18-36-66(75)67-37-19-23-41-76(67)88)90-79-48-44-62(57-28-10-3-11-29-57)52-70(79)71-53-63(45-49-80(71)90)58-30-12-4-13-31-58/h1-53H/i1D,2D,3D,4D,5D,6D,7D,8D,9D,10D,11D,12D,13D,14D,15D,24D,25D,26D,27D,28D,29D,30D,31D,32D,33D. The molecule has 0 spiro atoms. The van der Waals surface area contributed by atoms with Gasteiger partial charge >= 0.3 is 0 Å². The highest BCUT2D eigenvalue weighted by Gasteiger charge is 2.35. The van der Waals surface area contributed by atoms with E-state index in [1.807, 2.05) is 81.9 Å². The average molecular weight is 1170 g/mol. The SMILES string of the molecule is [2H]c1c([2H])c([2H])c(-c2ccc3c(c2)c2cc(-c4c([2H])c([2H])c([2H])c([2H])c4[2H])ccc2n3-c2c(-c3c([2H])c([2H])c([2H])c([2H])c3[2H])c(-n3c4ccc(-c5c([2H])c([2H])c([2H])c([2H])c5[2H])cc4c4cc(-c5c([2H])c([2H])c([2H])c([2H])c5[2H])ccc43)c(-n3c4ccccc4c4ccccc43)c(C#N)c2-n2c3ccccc3c3ccccc32)c([2H])c1[2H]. The van der Waals surface area contributed by atoms with Crippen molar-refractivity contribution in [3.63, 3.8) is 0 Å². The zero-order chi connectivity index (χ0) is 81.1. The van der Waals surface area contributed by atoms with E-state index >= 15 is 0 Å². The van der Waals surface area contributed by atoms with E-state index in [9.17, 15) is 23.1 Å². The van der Waals surface area contributed by atoms with Crippen LogP contribution in [0.25, 0.3) is 166 Å². The Morgan fingerprint density at radius 3 is 0.733 bits per heavy atom. The molecule has 418 valence electrons. The number of benzene rings is 14. The molecule has 0 bridgehead atoms. The molecule has 4 heterocycles. The molecule has 0 radical (unpaired) electrons. The summed E-state index contributed by atoms with van der Waals surface area (Å²) in [5, 5.41) is 16.9. The van der Waals surface area contributed by atoms with Gasteiger partial charge in [0.05, 0.1) is 101 Å². The number of hydrogen-bond donors (Lipinski definition) is 0. The van der Waals surface area contributed by atoms with Crippen LogP contribution in [0.15, 0.2) is 321 Å². The molecule has 18 aromatic rings. The van der Waals surface area contributed by atoms with Gasteiger partial charge in [-0.25, -0.2) is 0 Å². The molecule has 5 nitrogen and oxygen atoms in total. The van der Waals surface area contributed by atoms with Crippen molar-refractivity contribution in [2.24, 2.45) is 0 Å². The minimum Gasteiger partial charge on any atom is -0.306 e. The van der Waals surface area contributed by atoms with Crippen LogP contribution in [0.5, 0.6) is 0 Å². The van der Waals surface area contributed by atoms with E-state index in [1.54, 1.807) is 81.9 Å². The molecule has 0 aliphatic rings. The predicted molar refractivity (Wildman–Crippen MR) is 376 cm³/mol. The summed E-state index contributed by atoms with van der Waals surface area (Å²) in [5.41, 5.74) is 1.13. The molecule has 0 fully saturated rings. The summed E-state index contributed by atoms with van der Waals surface area (Å²) < 4.78 is 238. The summed E-state index contributed by atoms with van der Waals surface area (Å²) in [6, 6.07) is 34.7. The second-order valence-electron chi connectivity index (χ2n) is 21.6. The van der Waals surface area contributed by atoms with Crippen LogP contribution >= 0.6 is 0 Å². The Hall–Kier alpha value is -12.2. The Bertz CT molecular complexity index is 6670. The normalized spacial score (nSPS) is 15.7. The highest BCUT2D eigenvalue weighted by Crippen LogP contribution is 2.53. The fraction of sp³-hybridized carbons (Fsp3) is 0. The van der Waals surface area contributed by atoms with Gasteiger partial charge in [-0.2, -0.15) is 5.26 Å². The van der Waals surface area contributed by atoms with Gasteiger partial charge in [0.1, 0.15) is 11.6 Å². The van der Waals surface area contributed by atoms with Crippen LogP contribution in [0, 0.1) is 11.3 Å². The first-order chi connectivity index (χ1) is 55.0. The number of hydrogen-bond acceptors (Lipinski definition) is 1. The molecule has 0 atom stereocenters. The quantitative estimate of drug-likeness (QED) is 0.142. The van der Waals surface area contributed by atoms with Gasteiger partial charge in [-0.1, -0.05) is 248 Å². The van der Waals surface area contributed by atoms with Gasteiger partial charge in [0, 0.05) is 48.7 Å². The molecular formula is C85H53N5. The van der Waals surface area contributed by atoms with Crippen molar-refractivity contribution < 1.29 is 34.3 Å². The Labute approximate surface area is 554 Å². The van der Waals surface area contributed by atoms with Crippen molar-refractivity contribution >= 4 is 87.2 Å². The number of nitrogens with zero attached hydrogens (tertiary/aromatic N) is 5. The van der Waals surface area contributed by atoms with Crippen LogP contribution in [0.1, 0.15) is 39.8 Å². The van der Waals surface area contributed by atoms with Crippen LogP contribution < -0.4 is 0 Å². The number of nitriles is 1. The van der Waals surface area contributed by atoms with E-state index in [-0.39, 0.29) is 122 Å². The maximum atomic E-state index is 13.4. The lowest BCUT2D eigenvalue weighted by Gasteiger charge is -2.29. The third kappa shape index (κ3) is 7.75. The second-order valence-corrected chi connectivity index (χ2v) is 21.6. The summed E-state index contributed by atoms with van der Waals surface area (Å²) in [6.07, 6.45) is 0. The molecule has 18 rings (SSSR count). The highest BCUT2D eigenvalue weighted by atomic mass is 15.1. The first kappa shape index (κ1) is 32.0. The number of para-hydroxylation sites is 4. The molecule has 5 heteroatoms. The van der Waals surface area contributed by atoms with Crippen molar-refractivity contribution in [2.75, 3.05) is 0 Å². The van der Waals surface area contributed by atoms with Gasteiger partial charge in [0.2, 0.25) is 0 Å². The molecule has 0 aliphatic carbocycles. The lowest BCUT2D eigenvalue weighted by Crippen LogP contribution is -2.16. The number of fused-ring (bicyclic) bond motifs is 12. The summed E-state index contributed by atoms with van der Waals surface area (Å²) in [4.78, 5) is 0. The third-order valence-corrected chi connectivity index (χ3v) is 17.0. The summed E-state index contributed by atoms with van der Waals surface area (Å²) in [7, 11) is 0. The lowest BCUT2D eigenvalue weighted by atomic mass is 9.93. The molecule has 0 saturated carbocycles. The van der Waals surface area contributed by atoms with Crippen molar-refractivity contribution in [3.05, 3.63) is 326 Å². The van der Waals surface area contributed by atoms with Crippen molar-refractivity contribution in [1.82, 2.24) is 18.3 Å². The van der Waals surface area contributed by atoms with Crippen LogP contribution in [-0.4, -0.2) is 18.3 Å². The van der Waals surface area contributed by atoms with Crippen LogP contribution in [0.4, 0.5) is 0 Å². The fourth-order valence-corrected chi connectivity index (χ4v) is 13.3. The smallest absolute Gasteiger partial charge is 0.104 e. The lowest BCUT2D eigenvalue weighted by molar-refractivity contribution is 1.04. The Balaban J connectivity index is 1.16. The monoisotopic (exact) mass is 1170 g/mol. The Morgan fingerprint density at radius 1 is 0.233 bits per heavy atom. The highest BCUT2D eigenvalue weighted by molar-refractivity contribution is 6.18. The van der Waals surface area contributed by atoms with Crippen molar-refractivity contribution in [3.8, 4) is 84.5 Å². The molecule has 0 unspecified atom stereocenters. The second kappa shape index (κ2) is 20.5. The molecule has 0 aliphatic heterocycles. The largest absolute Gasteiger partial charge is 0.306 e. The van der Waals surface area contributed by atoms with Crippen LogP contribution in [0.3, 0.4) is 0 Å². The van der Waals surface area contributed by atoms with Crippen molar-refractivity contribution in [2.45, 2.75) is 0 Å². The molecular weight excluding hydrogens is 1090 g/mol. The van der Waals surface area contributed by atoms with E-state index in [2.05, 4.69) is 6.07 Å². The zero-order valence-corrected chi connectivity index (χ0v) is 46.9. The average Bonchev–Trinajstić information content (AvgIpc) is 1.56. The summed E-state index contributed by atoms with van der Waals surface area (Å²) >= 11 is 0. The first-order valence-corrected chi connectivity index (χ1v) is 28.7. The van der Waals surface area contributed by atoms with Crippen LogP contribution in [-0.2, 0) is 0 Å². The van der Waals surface area contributed by atoms with Gasteiger partial charge in [-0.05, 0) is 123 Å². The van der Waals surface area contributed by atoms with Gasteiger partial charge in [0.15, 0.2) is 0 Å². The molecule has 4 aromatic heterocycles. The summed E-state index contributed by atoms with van der Waals surface area (Å²) in [5.74, 6) is 0. The van der Waals surface area contributed by atoms with Gasteiger partial charge in [0.25, 0.3) is 0 Å². The molecule has 14 aromatic carbocycles. The number of rotatable bonds is 9. The van der Waals surface area contributed by atoms with Gasteiger partial charge in [-0.15, -0.1) is 0 Å². The fourth-order valence-electron chi connectivity index (χ4n) is 13.3. The Kier molecular flexibility index (Phi) is 7.26. The minimum atomic E-state index is -0.809. The molecule has 0 amide bonds. The molecule has 90 heavy (non-hydrogen) atoms. The van der Waals surface area contributed by atoms with Gasteiger partial charge in [-0.3, -0.25) is 0 Å². The van der Waals surface area contributed by atoms with Gasteiger partial charge < -0.3 is 18.3 Å². The zero-order valence-electron chi connectivity index (χ0n) is 71.9. The van der Waals surface area contributed by atoms with E-state index in [1.165, 1.54) is 24.3 Å². The first-order valence-electron chi connectivity index (χ1n) is 41.2. The van der Waals surface area contributed by atoms with E-state index in [4.69, 9.17) is 16.4 Å². The number of aromatic nitrogens is 4. The van der Waals surface area contributed by atoms with E-state index in [0.29, 0.717) is 43.6 Å². The Morgan fingerprint density at radius 2 is 0.467 bits per heavy atom. The molecule has 0 saturated heterocycles. The maximum absolute atomic E-state index is 13.4. The van der Waals surface area contributed by atoms with E-state index in [0.717, 1.165) is 0 Å². The molecule has 0 N–H and O–H groups in total. The third-order valence-electron chi connectivity index (χ3n) is 17.0. The maximum Gasteiger partial charge on any atom is 0.104 e. The van der Waals surface area contributed by atoms with Crippen molar-refractivity contribution in [1.29, 1.82) is 5.26 Å². The predicted octanol–water partition coefficient (Wildman–Crippen LogP) is 22.3. The topological polar surface area (TPSA) is 43.5 Å². The minimum absolute atomic E-state index is 0.0122.